The summed E-state index contributed by atoms with van der Waals surface area (Å²) in [5.74, 6) is 2.86. The van der Waals surface area contributed by atoms with E-state index >= 15 is 0 Å². The predicted molar refractivity (Wildman–Crippen MR) is 102 cm³/mol. The molecule has 4 rings (SSSR count). The fourth-order valence-electron chi connectivity index (χ4n) is 2.66. The summed E-state index contributed by atoms with van der Waals surface area (Å²) in [5.41, 5.74) is 0.997. The Balaban J connectivity index is 1.48. The third kappa shape index (κ3) is 3.49. The zero-order valence-electron chi connectivity index (χ0n) is 13.9. The maximum absolute atomic E-state index is 6.23. The quantitative estimate of drug-likeness (QED) is 0.573. The fraction of sp³-hybridized carbons (Fsp3) is 0.222. The van der Waals surface area contributed by atoms with Crippen LogP contribution in [0.5, 0.6) is 11.5 Å². The molecule has 1 aliphatic heterocycles. The highest BCUT2D eigenvalue weighted by atomic mass is 35.5. The fourth-order valence-corrected chi connectivity index (χ4v) is 4.14. The molecule has 26 heavy (non-hydrogen) atoms. The van der Waals surface area contributed by atoms with Gasteiger partial charge in [0.1, 0.15) is 6.61 Å². The van der Waals surface area contributed by atoms with Crippen LogP contribution in [0.25, 0.3) is 0 Å². The molecular formula is C18H15Cl2N3O2S. The van der Waals surface area contributed by atoms with Crippen molar-refractivity contribution in [1.29, 1.82) is 0 Å². The molecule has 0 fully saturated rings. The van der Waals surface area contributed by atoms with Crippen molar-refractivity contribution in [2.24, 2.45) is 7.05 Å². The van der Waals surface area contributed by atoms with Gasteiger partial charge in [0, 0.05) is 22.8 Å². The van der Waals surface area contributed by atoms with Crippen molar-refractivity contribution in [2.45, 2.75) is 17.0 Å². The number of para-hydroxylation sites is 2. The van der Waals surface area contributed by atoms with Gasteiger partial charge in [-0.1, -0.05) is 53.2 Å². The highest BCUT2D eigenvalue weighted by Crippen LogP contribution is 2.36. The second kappa shape index (κ2) is 7.39. The van der Waals surface area contributed by atoms with E-state index in [0.29, 0.717) is 28.2 Å². The average Bonchev–Trinajstić information content (AvgIpc) is 3.01. The summed E-state index contributed by atoms with van der Waals surface area (Å²) in [4.78, 5) is 0. The van der Waals surface area contributed by atoms with Gasteiger partial charge in [0.25, 0.3) is 0 Å². The second-order valence-electron chi connectivity index (χ2n) is 5.79. The van der Waals surface area contributed by atoms with Crippen molar-refractivity contribution < 1.29 is 9.47 Å². The minimum Gasteiger partial charge on any atom is -0.485 e. The van der Waals surface area contributed by atoms with Crippen LogP contribution in [0.4, 0.5) is 0 Å². The van der Waals surface area contributed by atoms with E-state index in [9.17, 15) is 0 Å². The van der Waals surface area contributed by atoms with Crippen LogP contribution in [0, 0.1) is 0 Å². The molecule has 0 N–H and O–H groups in total. The van der Waals surface area contributed by atoms with Crippen molar-refractivity contribution >= 4 is 35.0 Å². The van der Waals surface area contributed by atoms with Crippen molar-refractivity contribution in [3.8, 4) is 11.5 Å². The van der Waals surface area contributed by atoms with Crippen LogP contribution in [0.1, 0.15) is 17.5 Å². The van der Waals surface area contributed by atoms with Crippen molar-refractivity contribution in [3.63, 3.8) is 0 Å². The number of aromatic nitrogens is 3. The number of benzene rings is 2. The van der Waals surface area contributed by atoms with Gasteiger partial charge in [-0.3, -0.25) is 0 Å². The minimum atomic E-state index is -0.295. The number of halogens is 2. The van der Waals surface area contributed by atoms with Crippen molar-refractivity contribution in [1.82, 2.24) is 14.8 Å². The molecule has 3 aromatic rings. The van der Waals surface area contributed by atoms with E-state index in [1.54, 1.807) is 17.8 Å². The zero-order valence-corrected chi connectivity index (χ0v) is 16.2. The van der Waals surface area contributed by atoms with Crippen LogP contribution >= 0.6 is 35.0 Å². The van der Waals surface area contributed by atoms with Gasteiger partial charge in [-0.2, -0.15) is 0 Å². The first-order valence-corrected chi connectivity index (χ1v) is 9.70. The predicted octanol–water partition coefficient (Wildman–Crippen LogP) is 4.93. The first kappa shape index (κ1) is 17.5. The molecule has 0 bridgehead atoms. The molecule has 8 heteroatoms. The lowest BCUT2D eigenvalue weighted by molar-refractivity contribution is 0.0825. The summed E-state index contributed by atoms with van der Waals surface area (Å²) in [6.07, 6.45) is -0.295. The molecule has 0 saturated carbocycles. The van der Waals surface area contributed by atoms with E-state index in [1.807, 2.05) is 48.0 Å². The Kier molecular flexibility index (Phi) is 4.98. The van der Waals surface area contributed by atoms with E-state index in [0.717, 1.165) is 22.3 Å². The molecule has 0 saturated heterocycles. The van der Waals surface area contributed by atoms with Gasteiger partial charge < -0.3 is 14.0 Å². The Morgan fingerprint density at radius 2 is 1.96 bits per heavy atom. The SMILES string of the molecule is Cn1c(SCc2ccc(Cl)cc2Cl)nnc1[C@@H]1COc2ccccc2O1. The topological polar surface area (TPSA) is 49.2 Å². The molecule has 0 unspecified atom stereocenters. The number of hydrogen-bond acceptors (Lipinski definition) is 5. The van der Waals surface area contributed by atoms with Gasteiger partial charge in [-0.25, -0.2) is 0 Å². The summed E-state index contributed by atoms with van der Waals surface area (Å²) >= 11 is 13.7. The van der Waals surface area contributed by atoms with Gasteiger partial charge in [0.2, 0.25) is 0 Å². The molecule has 0 spiro atoms. The molecule has 134 valence electrons. The molecular weight excluding hydrogens is 393 g/mol. The maximum atomic E-state index is 6.23. The van der Waals surface area contributed by atoms with E-state index in [2.05, 4.69) is 10.2 Å². The molecule has 0 amide bonds. The van der Waals surface area contributed by atoms with Crippen LogP contribution in [0.2, 0.25) is 10.0 Å². The first-order valence-electron chi connectivity index (χ1n) is 7.96. The van der Waals surface area contributed by atoms with E-state index < -0.39 is 0 Å². The lowest BCUT2D eigenvalue weighted by Crippen LogP contribution is -2.24. The molecule has 1 atom stereocenters. The highest BCUT2D eigenvalue weighted by molar-refractivity contribution is 7.98. The highest BCUT2D eigenvalue weighted by Gasteiger charge is 2.27. The largest absolute Gasteiger partial charge is 0.485 e. The molecule has 0 aliphatic carbocycles. The summed E-state index contributed by atoms with van der Waals surface area (Å²) in [6, 6.07) is 13.1. The molecule has 0 radical (unpaired) electrons. The van der Waals surface area contributed by atoms with Gasteiger partial charge in [0.15, 0.2) is 28.6 Å². The van der Waals surface area contributed by atoms with Crippen molar-refractivity contribution in [2.75, 3.05) is 6.61 Å². The van der Waals surface area contributed by atoms with Crippen LogP contribution in [-0.4, -0.2) is 21.4 Å². The van der Waals surface area contributed by atoms with Crippen LogP contribution in [0.15, 0.2) is 47.6 Å². The Morgan fingerprint density at radius 1 is 1.15 bits per heavy atom. The molecule has 2 heterocycles. The van der Waals surface area contributed by atoms with Crippen molar-refractivity contribution in [3.05, 3.63) is 63.9 Å². The Morgan fingerprint density at radius 3 is 2.77 bits per heavy atom. The Bertz CT molecular complexity index is 948. The maximum Gasteiger partial charge on any atom is 0.192 e. The van der Waals surface area contributed by atoms with Crippen LogP contribution < -0.4 is 9.47 Å². The third-order valence-corrected chi connectivity index (χ3v) is 5.69. The van der Waals surface area contributed by atoms with E-state index in [4.69, 9.17) is 32.7 Å². The zero-order chi connectivity index (χ0) is 18.1. The molecule has 1 aromatic heterocycles. The van der Waals surface area contributed by atoms with Gasteiger partial charge >= 0.3 is 0 Å². The number of thioether (sulfide) groups is 1. The minimum absolute atomic E-state index is 0.295. The van der Waals surface area contributed by atoms with Gasteiger partial charge in [0.05, 0.1) is 0 Å². The summed E-state index contributed by atoms with van der Waals surface area (Å²) in [7, 11) is 1.92. The Hall–Kier alpha value is -1.89. The normalized spacial score (nSPS) is 15.9. The third-order valence-electron chi connectivity index (χ3n) is 4.04. The Labute approximate surface area is 165 Å². The summed E-state index contributed by atoms with van der Waals surface area (Å²) in [6.45, 7) is 0.399. The number of ether oxygens (including phenoxy) is 2. The monoisotopic (exact) mass is 407 g/mol. The number of hydrogen-bond donors (Lipinski definition) is 0. The van der Waals surface area contributed by atoms with Crippen LogP contribution in [0.3, 0.4) is 0 Å². The lowest BCUT2D eigenvalue weighted by Gasteiger charge is -2.25. The molecule has 5 nitrogen and oxygen atoms in total. The standard InChI is InChI=1S/C18H15Cl2N3O2S/c1-23-17(16-9-24-14-4-2-3-5-15(14)25-16)21-22-18(23)26-10-11-6-7-12(19)8-13(11)20/h2-8,16H,9-10H2,1H3/t16-/m0/s1. The number of nitrogens with zero attached hydrogens (tertiary/aromatic N) is 3. The summed E-state index contributed by atoms with van der Waals surface area (Å²) < 4.78 is 13.7. The first-order chi connectivity index (χ1) is 12.6. The molecule has 1 aliphatic rings. The van der Waals surface area contributed by atoms with Gasteiger partial charge in [-0.15, -0.1) is 10.2 Å². The van der Waals surface area contributed by atoms with Gasteiger partial charge in [-0.05, 0) is 29.8 Å². The second-order valence-corrected chi connectivity index (χ2v) is 7.57. The average molecular weight is 408 g/mol. The summed E-state index contributed by atoms with van der Waals surface area (Å²) in [5, 5.41) is 10.6. The van der Waals surface area contributed by atoms with E-state index in [-0.39, 0.29) is 6.10 Å². The smallest absolute Gasteiger partial charge is 0.192 e. The van der Waals surface area contributed by atoms with E-state index in [1.165, 1.54) is 0 Å². The lowest BCUT2D eigenvalue weighted by atomic mass is 10.2. The number of rotatable bonds is 4. The number of fused-ring (bicyclic) bond motifs is 1. The molecule has 2 aromatic carbocycles. The van der Waals surface area contributed by atoms with Crippen LogP contribution in [-0.2, 0) is 12.8 Å².